The van der Waals surface area contributed by atoms with E-state index in [0.29, 0.717) is 43.6 Å². The largest absolute Gasteiger partial charge is 0.356 e. The number of anilines is 1. The highest BCUT2D eigenvalue weighted by atomic mass is 16.2. The molecule has 0 bridgehead atoms. The standard InChI is InChI=1S/C25H34N4O4/c1-25-15-13-23(32)29(25)20-11-6-5-10-19(20)24(33)28(25)17-7-12-21(30)26-16-14-22(31)27-18-8-3-2-4-9-18/h5-6,10-11,18H,2-4,7-9,12-17H2,1H3,(H,26,30)(H,27,31). The van der Waals surface area contributed by atoms with Gasteiger partial charge in [0, 0.05) is 38.4 Å². The molecule has 8 nitrogen and oxygen atoms in total. The highest BCUT2D eigenvalue weighted by molar-refractivity contribution is 6.10. The van der Waals surface area contributed by atoms with Crippen LogP contribution in [0.4, 0.5) is 5.69 Å². The highest BCUT2D eigenvalue weighted by Crippen LogP contribution is 2.44. The van der Waals surface area contributed by atoms with Crippen molar-refractivity contribution in [1.29, 1.82) is 0 Å². The molecular formula is C25H34N4O4. The van der Waals surface area contributed by atoms with Crippen molar-refractivity contribution in [1.82, 2.24) is 15.5 Å². The van der Waals surface area contributed by atoms with Gasteiger partial charge in [-0.05, 0) is 44.7 Å². The molecule has 33 heavy (non-hydrogen) atoms. The molecule has 0 aromatic heterocycles. The molecule has 2 heterocycles. The molecule has 0 radical (unpaired) electrons. The van der Waals surface area contributed by atoms with Gasteiger partial charge in [0.05, 0.1) is 11.3 Å². The van der Waals surface area contributed by atoms with Crippen molar-refractivity contribution in [2.24, 2.45) is 0 Å². The Morgan fingerprint density at radius 2 is 1.82 bits per heavy atom. The number of carbonyl (C=O) groups is 4. The van der Waals surface area contributed by atoms with E-state index in [9.17, 15) is 19.2 Å². The second-order valence-electron chi connectivity index (χ2n) is 9.53. The van der Waals surface area contributed by atoms with Gasteiger partial charge in [0.25, 0.3) is 5.91 Å². The number of fused-ring (bicyclic) bond motifs is 3. The molecule has 0 spiro atoms. The van der Waals surface area contributed by atoms with Crippen LogP contribution in [0.15, 0.2) is 24.3 Å². The zero-order valence-corrected chi connectivity index (χ0v) is 19.4. The minimum atomic E-state index is -0.698. The number of para-hydroxylation sites is 1. The summed E-state index contributed by atoms with van der Waals surface area (Å²) >= 11 is 0. The molecule has 1 aliphatic carbocycles. The van der Waals surface area contributed by atoms with Gasteiger partial charge < -0.3 is 15.5 Å². The van der Waals surface area contributed by atoms with E-state index in [1.54, 1.807) is 21.9 Å². The molecule has 1 saturated carbocycles. The second kappa shape index (κ2) is 9.93. The number of nitrogens with zero attached hydrogens (tertiary/aromatic N) is 2. The minimum absolute atomic E-state index is 0.0151. The third-order valence-electron chi connectivity index (χ3n) is 7.18. The molecule has 3 aliphatic rings. The van der Waals surface area contributed by atoms with Crippen molar-refractivity contribution in [2.75, 3.05) is 18.0 Å². The maximum atomic E-state index is 13.2. The lowest BCUT2D eigenvalue weighted by molar-refractivity contribution is -0.123. The third kappa shape index (κ3) is 4.89. The van der Waals surface area contributed by atoms with Crippen LogP contribution in [0.1, 0.15) is 81.5 Å². The van der Waals surface area contributed by atoms with Gasteiger partial charge >= 0.3 is 0 Å². The van der Waals surface area contributed by atoms with Crippen LogP contribution in [0.3, 0.4) is 0 Å². The summed E-state index contributed by atoms with van der Waals surface area (Å²) < 4.78 is 0. The Morgan fingerprint density at radius 1 is 1.06 bits per heavy atom. The summed E-state index contributed by atoms with van der Waals surface area (Å²) in [7, 11) is 0. The van der Waals surface area contributed by atoms with Crippen molar-refractivity contribution in [3.63, 3.8) is 0 Å². The molecule has 2 aliphatic heterocycles. The van der Waals surface area contributed by atoms with Gasteiger partial charge in [-0.2, -0.15) is 0 Å². The first-order chi connectivity index (χ1) is 15.9. The number of hydrogen-bond acceptors (Lipinski definition) is 4. The fraction of sp³-hybridized carbons (Fsp3) is 0.600. The number of nitrogens with one attached hydrogen (secondary N) is 2. The van der Waals surface area contributed by atoms with Gasteiger partial charge in [-0.15, -0.1) is 0 Å². The van der Waals surface area contributed by atoms with Gasteiger partial charge in [-0.1, -0.05) is 31.4 Å². The lowest BCUT2D eigenvalue weighted by atomic mass is 9.95. The normalized spacial score (nSPS) is 22.7. The Morgan fingerprint density at radius 3 is 2.61 bits per heavy atom. The van der Waals surface area contributed by atoms with E-state index < -0.39 is 5.66 Å². The summed E-state index contributed by atoms with van der Waals surface area (Å²) in [4.78, 5) is 53.7. The lowest BCUT2D eigenvalue weighted by Crippen LogP contribution is -2.62. The molecule has 1 atom stereocenters. The van der Waals surface area contributed by atoms with Crippen LogP contribution in [0.5, 0.6) is 0 Å². The van der Waals surface area contributed by atoms with Crippen molar-refractivity contribution in [2.45, 2.75) is 82.8 Å². The van der Waals surface area contributed by atoms with E-state index in [1.807, 2.05) is 19.1 Å². The molecule has 8 heteroatoms. The Bertz CT molecular complexity index is 927. The topological polar surface area (TPSA) is 98.8 Å². The monoisotopic (exact) mass is 454 g/mol. The predicted molar refractivity (Wildman–Crippen MR) is 124 cm³/mol. The Kier molecular flexibility index (Phi) is 7.00. The molecule has 1 unspecified atom stereocenters. The van der Waals surface area contributed by atoms with Gasteiger partial charge in [0.2, 0.25) is 17.7 Å². The Hall–Kier alpha value is -2.90. The zero-order valence-electron chi connectivity index (χ0n) is 19.4. The average Bonchev–Trinajstić information content (AvgIpc) is 3.12. The summed E-state index contributed by atoms with van der Waals surface area (Å²) in [5.74, 6) is -0.223. The SMILES string of the molecule is CC12CCC(=O)N1c1ccccc1C(=O)N2CCCC(=O)NCCC(=O)NC1CCCCC1. The number of benzene rings is 1. The first kappa shape index (κ1) is 23.3. The molecule has 1 aromatic rings. The summed E-state index contributed by atoms with van der Waals surface area (Å²) in [5.41, 5.74) is 0.502. The average molecular weight is 455 g/mol. The zero-order chi connectivity index (χ0) is 23.4. The summed E-state index contributed by atoms with van der Waals surface area (Å²) in [6.07, 6.45) is 7.66. The smallest absolute Gasteiger partial charge is 0.257 e. The molecule has 4 rings (SSSR count). The highest BCUT2D eigenvalue weighted by Gasteiger charge is 2.52. The van der Waals surface area contributed by atoms with Gasteiger partial charge in [-0.25, -0.2) is 0 Å². The van der Waals surface area contributed by atoms with Crippen LogP contribution in [0.25, 0.3) is 0 Å². The van der Waals surface area contributed by atoms with Crippen LogP contribution >= 0.6 is 0 Å². The summed E-state index contributed by atoms with van der Waals surface area (Å²) in [6, 6.07) is 7.49. The molecule has 2 N–H and O–H groups in total. The van der Waals surface area contributed by atoms with Gasteiger partial charge in [0.1, 0.15) is 5.66 Å². The molecule has 178 valence electrons. The summed E-state index contributed by atoms with van der Waals surface area (Å²) in [6.45, 7) is 2.63. The van der Waals surface area contributed by atoms with Crippen molar-refractivity contribution >= 4 is 29.3 Å². The lowest BCUT2D eigenvalue weighted by Gasteiger charge is -2.48. The van der Waals surface area contributed by atoms with Crippen molar-refractivity contribution in [3.8, 4) is 0 Å². The van der Waals surface area contributed by atoms with E-state index in [4.69, 9.17) is 0 Å². The maximum Gasteiger partial charge on any atom is 0.257 e. The van der Waals surface area contributed by atoms with Gasteiger partial charge in [0.15, 0.2) is 0 Å². The van der Waals surface area contributed by atoms with Crippen molar-refractivity contribution < 1.29 is 19.2 Å². The number of hydrogen-bond donors (Lipinski definition) is 2. The van der Waals surface area contributed by atoms with E-state index in [2.05, 4.69) is 10.6 Å². The number of amides is 4. The van der Waals surface area contributed by atoms with Crippen LogP contribution in [-0.2, 0) is 14.4 Å². The first-order valence-corrected chi connectivity index (χ1v) is 12.2. The number of carbonyl (C=O) groups excluding carboxylic acids is 4. The quantitative estimate of drug-likeness (QED) is 0.631. The van der Waals surface area contributed by atoms with E-state index in [-0.39, 0.29) is 42.5 Å². The summed E-state index contributed by atoms with van der Waals surface area (Å²) in [5, 5.41) is 5.86. The molecule has 2 fully saturated rings. The van der Waals surface area contributed by atoms with Crippen LogP contribution in [0.2, 0.25) is 0 Å². The van der Waals surface area contributed by atoms with E-state index in [1.165, 1.54) is 6.42 Å². The third-order valence-corrected chi connectivity index (χ3v) is 7.18. The Balaban J connectivity index is 1.25. The minimum Gasteiger partial charge on any atom is -0.356 e. The molecule has 1 aromatic carbocycles. The van der Waals surface area contributed by atoms with Crippen LogP contribution in [-0.4, -0.2) is 53.3 Å². The molecule has 1 saturated heterocycles. The predicted octanol–water partition coefficient (Wildman–Crippen LogP) is 2.72. The van der Waals surface area contributed by atoms with E-state index in [0.717, 1.165) is 25.7 Å². The Labute approximate surface area is 195 Å². The van der Waals surface area contributed by atoms with E-state index >= 15 is 0 Å². The van der Waals surface area contributed by atoms with Crippen LogP contribution < -0.4 is 15.5 Å². The maximum absolute atomic E-state index is 13.2. The van der Waals surface area contributed by atoms with Crippen molar-refractivity contribution in [3.05, 3.63) is 29.8 Å². The van der Waals surface area contributed by atoms with Crippen LogP contribution in [0, 0.1) is 0 Å². The fourth-order valence-electron chi connectivity index (χ4n) is 5.39. The molecular weight excluding hydrogens is 420 g/mol. The fourth-order valence-corrected chi connectivity index (χ4v) is 5.39. The van der Waals surface area contributed by atoms with Gasteiger partial charge in [-0.3, -0.25) is 24.1 Å². The first-order valence-electron chi connectivity index (χ1n) is 12.2. The molecule has 4 amide bonds. The second-order valence-corrected chi connectivity index (χ2v) is 9.53. The number of rotatable bonds is 8.